The van der Waals surface area contributed by atoms with Crippen LogP contribution in [0.4, 0.5) is 0 Å². The van der Waals surface area contributed by atoms with Crippen LogP contribution in [-0.4, -0.2) is 17.4 Å². The number of nitriles is 1. The lowest BCUT2D eigenvalue weighted by Gasteiger charge is -2.07. The molecular formula is C13H11N3O2. The maximum Gasteiger partial charge on any atom is 0.261 e. The van der Waals surface area contributed by atoms with Crippen LogP contribution in [0.2, 0.25) is 0 Å². The Bertz CT molecular complexity index is 710. The van der Waals surface area contributed by atoms with Crippen LogP contribution >= 0.6 is 0 Å². The third-order valence-corrected chi connectivity index (χ3v) is 2.74. The van der Waals surface area contributed by atoms with Crippen LogP contribution in [0.5, 0.6) is 0 Å². The lowest BCUT2D eigenvalue weighted by Crippen LogP contribution is -2.31. The van der Waals surface area contributed by atoms with Crippen molar-refractivity contribution in [2.24, 2.45) is 0 Å². The summed E-state index contributed by atoms with van der Waals surface area (Å²) < 4.78 is 0. The van der Waals surface area contributed by atoms with Gasteiger partial charge in [0.2, 0.25) is 0 Å². The highest BCUT2D eigenvalue weighted by molar-refractivity contribution is 5.99. The van der Waals surface area contributed by atoms with Crippen molar-refractivity contribution in [3.8, 4) is 6.07 Å². The lowest BCUT2D eigenvalue weighted by atomic mass is 10.0. The van der Waals surface area contributed by atoms with Gasteiger partial charge in [-0.2, -0.15) is 5.26 Å². The second-order valence-corrected chi connectivity index (χ2v) is 3.84. The molecule has 2 rings (SSSR count). The number of benzene rings is 1. The summed E-state index contributed by atoms with van der Waals surface area (Å²) in [6.07, 6.45) is 0. The number of aryl methyl sites for hydroxylation is 1. The molecule has 0 saturated carbocycles. The first-order valence-corrected chi connectivity index (χ1v) is 5.42. The number of nitrogens with one attached hydrogen (secondary N) is 2. The van der Waals surface area contributed by atoms with Gasteiger partial charge in [0.1, 0.15) is 12.1 Å². The fourth-order valence-electron chi connectivity index (χ4n) is 1.89. The standard InChI is InChI=1S/C13H11N3O2/c1-8-9-4-2-3-5-10(9)16-13(18)11(8)12(17)15-7-6-14/h2-5H,7H2,1H3,(H,15,17)(H,16,18). The quantitative estimate of drug-likeness (QED) is 0.772. The number of hydrogen-bond donors (Lipinski definition) is 2. The molecule has 0 aliphatic rings. The average molecular weight is 241 g/mol. The van der Waals surface area contributed by atoms with E-state index in [1.165, 1.54) is 0 Å². The molecule has 0 saturated heterocycles. The van der Waals surface area contributed by atoms with Gasteiger partial charge in [0.25, 0.3) is 11.5 Å². The van der Waals surface area contributed by atoms with E-state index < -0.39 is 11.5 Å². The maximum atomic E-state index is 11.9. The minimum atomic E-state index is -0.527. The molecule has 5 nitrogen and oxygen atoms in total. The van der Waals surface area contributed by atoms with Crippen molar-refractivity contribution in [3.63, 3.8) is 0 Å². The normalized spacial score (nSPS) is 10.0. The lowest BCUT2D eigenvalue weighted by molar-refractivity contribution is 0.0956. The van der Waals surface area contributed by atoms with E-state index in [4.69, 9.17) is 5.26 Å². The summed E-state index contributed by atoms with van der Waals surface area (Å²) >= 11 is 0. The van der Waals surface area contributed by atoms with Crippen molar-refractivity contribution in [1.82, 2.24) is 10.3 Å². The summed E-state index contributed by atoms with van der Waals surface area (Å²) in [5, 5.41) is 11.6. The highest BCUT2D eigenvalue weighted by Crippen LogP contribution is 2.16. The zero-order chi connectivity index (χ0) is 13.1. The average Bonchev–Trinajstić information content (AvgIpc) is 2.36. The van der Waals surface area contributed by atoms with Crippen molar-refractivity contribution >= 4 is 16.8 Å². The van der Waals surface area contributed by atoms with E-state index in [9.17, 15) is 9.59 Å². The van der Waals surface area contributed by atoms with Crippen molar-refractivity contribution in [2.45, 2.75) is 6.92 Å². The number of nitrogens with zero attached hydrogens (tertiary/aromatic N) is 1. The summed E-state index contributed by atoms with van der Waals surface area (Å²) in [5.41, 5.74) is 0.923. The first-order chi connectivity index (χ1) is 8.65. The number of aromatic amines is 1. The number of rotatable bonds is 2. The van der Waals surface area contributed by atoms with E-state index >= 15 is 0 Å². The van der Waals surface area contributed by atoms with Crippen LogP contribution in [-0.2, 0) is 0 Å². The molecular weight excluding hydrogens is 230 g/mol. The number of amides is 1. The van der Waals surface area contributed by atoms with Gasteiger partial charge in [0, 0.05) is 10.9 Å². The number of H-pyrrole nitrogens is 1. The van der Waals surface area contributed by atoms with E-state index in [1.54, 1.807) is 19.1 Å². The smallest absolute Gasteiger partial charge is 0.261 e. The molecule has 2 aromatic rings. The predicted molar refractivity (Wildman–Crippen MR) is 67.3 cm³/mol. The Balaban J connectivity index is 2.62. The molecule has 0 aliphatic carbocycles. The number of carbonyl (C=O) groups excluding carboxylic acids is 1. The zero-order valence-electron chi connectivity index (χ0n) is 9.78. The highest BCUT2D eigenvalue weighted by Gasteiger charge is 2.15. The minimum Gasteiger partial charge on any atom is -0.339 e. The van der Waals surface area contributed by atoms with Gasteiger partial charge in [-0.3, -0.25) is 9.59 Å². The Hall–Kier alpha value is -2.61. The molecule has 1 heterocycles. The molecule has 2 N–H and O–H groups in total. The molecule has 0 fully saturated rings. The number of carbonyl (C=O) groups is 1. The summed E-state index contributed by atoms with van der Waals surface area (Å²) in [6, 6.07) is 9.06. The van der Waals surface area contributed by atoms with Gasteiger partial charge >= 0.3 is 0 Å². The number of para-hydroxylation sites is 1. The van der Waals surface area contributed by atoms with E-state index in [2.05, 4.69) is 10.3 Å². The number of fused-ring (bicyclic) bond motifs is 1. The Morgan fingerprint density at radius 3 is 2.89 bits per heavy atom. The van der Waals surface area contributed by atoms with Crippen LogP contribution in [0.15, 0.2) is 29.1 Å². The van der Waals surface area contributed by atoms with Gasteiger partial charge in [-0.05, 0) is 18.6 Å². The molecule has 1 amide bonds. The van der Waals surface area contributed by atoms with E-state index in [1.807, 2.05) is 18.2 Å². The van der Waals surface area contributed by atoms with Gasteiger partial charge in [-0.15, -0.1) is 0 Å². The highest BCUT2D eigenvalue weighted by atomic mass is 16.2. The fraction of sp³-hybridized carbons (Fsp3) is 0.154. The molecule has 0 spiro atoms. The molecule has 1 aromatic carbocycles. The summed E-state index contributed by atoms with van der Waals surface area (Å²) in [6.45, 7) is 1.60. The Labute approximate surface area is 103 Å². The third-order valence-electron chi connectivity index (χ3n) is 2.74. The first-order valence-electron chi connectivity index (χ1n) is 5.42. The predicted octanol–water partition coefficient (Wildman–Crippen LogP) is 1.09. The van der Waals surface area contributed by atoms with Crippen LogP contribution in [0.25, 0.3) is 10.9 Å². The maximum absolute atomic E-state index is 11.9. The molecule has 1 aromatic heterocycles. The Kier molecular flexibility index (Phi) is 3.11. The molecule has 0 atom stereocenters. The Morgan fingerprint density at radius 1 is 1.44 bits per heavy atom. The largest absolute Gasteiger partial charge is 0.339 e. The molecule has 0 radical (unpaired) electrons. The van der Waals surface area contributed by atoms with Gasteiger partial charge in [0.05, 0.1) is 6.07 Å². The van der Waals surface area contributed by atoms with Crippen molar-refractivity contribution in [1.29, 1.82) is 5.26 Å². The fourth-order valence-corrected chi connectivity index (χ4v) is 1.89. The Morgan fingerprint density at radius 2 is 2.17 bits per heavy atom. The molecule has 18 heavy (non-hydrogen) atoms. The summed E-state index contributed by atoms with van der Waals surface area (Å²) in [4.78, 5) is 26.3. The van der Waals surface area contributed by atoms with Gasteiger partial charge < -0.3 is 10.3 Å². The van der Waals surface area contributed by atoms with Crippen molar-refractivity contribution in [2.75, 3.05) is 6.54 Å². The number of hydrogen-bond acceptors (Lipinski definition) is 3. The molecule has 5 heteroatoms. The molecule has 0 unspecified atom stereocenters. The van der Waals surface area contributed by atoms with Crippen LogP contribution in [0.1, 0.15) is 15.9 Å². The van der Waals surface area contributed by atoms with E-state index in [-0.39, 0.29) is 12.1 Å². The number of pyridine rings is 1. The monoisotopic (exact) mass is 241 g/mol. The van der Waals surface area contributed by atoms with Crippen LogP contribution in [0.3, 0.4) is 0 Å². The van der Waals surface area contributed by atoms with Crippen LogP contribution < -0.4 is 10.9 Å². The second-order valence-electron chi connectivity index (χ2n) is 3.84. The van der Waals surface area contributed by atoms with Gasteiger partial charge in [-0.25, -0.2) is 0 Å². The van der Waals surface area contributed by atoms with Gasteiger partial charge in [-0.1, -0.05) is 18.2 Å². The third kappa shape index (κ3) is 1.96. The minimum absolute atomic E-state index is 0.0592. The summed E-state index contributed by atoms with van der Waals surface area (Å²) in [7, 11) is 0. The molecule has 0 aliphatic heterocycles. The second kappa shape index (κ2) is 4.72. The van der Waals surface area contributed by atoms with Gasteiger partial charge in [0.15, 0.2) is 0 Å². The topological polar surface area (TPSA) is 85.8 Å². The number of aromatic nitrogens is 1. The van der Waals surface area contributed by atoms with Crippen LogP contribution in [0, 0.1) is 18.3 Å². The summed E-state index contributed by atoms with van der Waals surface area (Å²) in [5.74, 6) is -0.527. The SMILES string of the molecule is Cc1c(C(=O)NCC#N)c(=O)[nH]c2ccccc12. The van der Waals surface area contributed by atoms with E-state index in [0.29, 0.717) is 11.1 Å². The first kappa shape index (κ1) is 11.9. The van der Waals surface area contributed by atoms with E-state index in [0.717, 1.165) is 5.39 Å². The van der Waals surface area contributed by atoms with Crippen molar-refractivity contribution in [3.05, 3.63) is 45.7 Å². The molecule has 90 valence electrons. The zero-order valence-corrected chi connectivity index (χ0v) is 9.78. The van der Waals surface area contributed by atoms with Crippen molar-refractivity contribution < 1.29 is 4.79 Å². The molecule has 0 bridgehead atoms.